The van der Waals surface area contributed by atoms with E-state index in [1.165, 1.54) is 6.92 Å². The zero-order valence-corrected chi connectivity index (χ0v) is 18.4. The second-order valence-electron chi connectivity index (χ2n) is 7.71. The lowest BCUT2D eigenvalue weighted by atomic mass is 9.96. The Labute approximate surface area is 188 Å². The van der Waals surface area contributed by atoms with Crippen molar-refractivity contribution in [2.45, 2.75) is 19.8 Å². The summed E-state index contributed by atoms with van der Waals surface area (Å²) in [4.78, 5) is 37.8. The lowest BCUT2D eigenvalue weighted by Gasteiger charge is -2.31. The predicted octanol–water partition coefficient (Wildman–Crippen LogP) is 3.30. The van der Waals surface area contributed by atoms with Crippen LogP contribution >= 0.6 is 0 Å². The van der Waals surface area contributed by atoms with E-state index in [-0.39, 0.29) is 11.8 Å². The second kappa shape index (κ2) is 11.1. The van der Waals surface area contributed by atoms with Gasteiger partial charge in [0.25, 0.3) is 5.91 Å². The molecule has 1 aliphatic heterocycles. The van der Waals surface area contributed by atoms with Crippen LogP contribution in [0.2, 0.25) is 0 Å². The highest BCUT2D eigenvalue weighted by Crippen LogP contribution is 2.18. The molecule has 1 heterocycles. The number of ether oxygens (including phenoxy) is 2. The minimum Gasteiger partial charge on any atom is -0.497 e. The van der Waals surface area contributed by atoms with Crippen molar-refractivity contribution >= 4 is 23.9 Å². The highest BCUT2D eigenvalue weighted by molar-refractivity contribution is 5.94. The normalized spacial score (nSPS) is 14.2. The minimum atomic E-state index is -0.428. The number of hydrogen-bond donors (Lipinski definition) is 1. The van der Waals surface area contributed by atoms with E-state index in [2.05, 4.69) is 5.32 Å². The summed E-state index contributed by atoms with van der Waals surface area (Å²) in [7, 11) is 1.62. The van der Waals surface area contributed by atoms with Gasteiger partial charge in [-0.05, 0) is 60.7 Å². The Morgan fingerprint density at radius 3 is 2.44 bits per heavy atom. The zero-order chi connectivity index (χ0) is 22.9. The third-order valence-electron chi connectivity index (χ3n) is 5.37. The molecule has 0 saturated carbocycles. The van der Waals surface area contributed by atoms with Gasteiger partial charge in [0.2, 0.25) is 5.91 Å². The monoisotopic (exact) mass is 436 g/mol. The van der Waals surface area contributed by atoms with Gasteiger partial charge in [-0.1, -0.05) is 18.2 Å². The van der Waals surface area contributed by atoms with Crippen LogP contribution in [-0.4, -0.2) is 49.4 Å². The largest absolute Gasteiger partial charge is 0.497 e. The van der Waals surface area contributed by atoms with Crippen LogP contribution < -0.4 is 14.8 Å². The van der Waals surface area contributed by atoms with Gasteiger partial charge >= 0.3 is 5.97 Å². The van der Waals surface area contributed by atoms with Crippen LogP contribution in [0.5, 0.6) is 11.5 Å². The van der Waals surface area contributed by atoms with Crippen molar-refractivity contribution in [3.63, 3.8) is 0 Å². The van der Waals surface area contributed by atoms with Gasteiger partial charge in [0.1, 0.15) is 11.5 Å². The lowest BCUT2D eigenvalue weighted by Crippen LogP contribution is -2.41. The highest BCUT2D eigenvalue weighted by Gasteiger charge is 2.22. The first-order chi connectivity index (χ1) is 15.4. The topological polar surface area (TPSA) is 84.9 Å². The fourth-order valence-electron chi connectivity index (χ4n) is 3.55. The number of esters is 1. The molecule has 0 aromatic heterocycles. The van der Waals surface area contributed by atoms with Crippen LogP contribution in [0.25, 0.3) is 6.08 Å². The molecule has 168 valence electrons. The van der Waals surface area contributed by atoms with Gasteiger partial charge in [0, 0.05) is 38.2 Å². The second-order valence-corrected chi connectivity index (χ2v) is 7.71. The third-order valence-corrected chi connectivity index (χ3v) is 5.37. The predicted molar refractivity (Wildman–Crippen MR) is 121 cm³/mol. The molecule has 1 fully saturated rings. The van der Waals surface area contributed by atoms with E-state index in [0.717, 1.165) is 24.2 Å². The number of piperidine rings is 1. The summed E-state index contributed by atoms with van der Waals surface area (Å²) in [6.07, 6.45) is 5.06. The molecule has 1 N–H and O–H groups in total. The SMILES string of the molecule is COc1ccc(/C=C/C(=O)N2CCC(CNC(=O)c3cccc(OC(C)=O)c3)CC2)cc1. The van der Waals surface area contributed by atoms with Crippen LogP contribution in [0, 0.1) is 5.92 Å². The molecule has 2 aromatic rings. The van der Waals surface area contributed by atoms with Crippen LogP contribution in [0.1, 0.15) is 35.7 Å². The van der Waals surface area contributed by atoms with E-state index in [1.807, 2.05) is 29.2 Å². The molecule has 3 rings (SSSR count). The fraction of sp³-hybridized carbons (Fsp3) is 0.320. The number of benzene rings is 2. The maximum Gasteiger partial charge on any atom is 0.308 e. The Morgan fingerprint density at radius 2 is 1.78 bits per heavy atom. The van der Waals surface area contributed by atoms with Crippen molar-refractivity contribution < 1.29 is 23.9 Å². The van der Waals surface area contributed by atoms with Gasteiger partial charge < -0.3 is 19.7 Å². The molecule has 0 spiro atoms. The van der Waals surface area contributed by atoms with Crippen LogP contribution in [0.4, 0.5) is 0 Å². The third kappa shape index (κ3) is 6.70. The maximum absolute atomic E-state index is 12.5. The molecule has 1 saturated heterocycles. The maximum atomic E-state index is 12.5. The fourth-order valence-corrected chi connectivity index (χ4v) is 3.55. The molecule has 0 radical (unpaired) electrons. The highest BCUT2D eigenvalue weighted by atomic mass is 16.5. The number of likely N-dealkylation sites (tertiary alicyclic amines) is 1. The standard InChI is InChI=1S/C25H28N2O5/c1-18(28)32-23-5-3-4-21(16-23)25(30)26-17-20-12-14-27(15-13-20)24(29)11-8-19-6-9-22(31-2)10-7-19/h3-11,16,20H,12-15,17H2,1-2H3,(H,26,30)/b11-8+. The number of hydrogen-bond acceptors (Lipinski definition) is 5. The van der Waals surface area contributed by atoms with E-state index >= 15 is 0 Å². The van der Waals surface area contributed by atoms with E-state index in [1.54, 1.807) is 43.5 Å². The molecule has 0 unspecified atom stereocenters. The van der Waals surface area contributed by atoms with Crippen molar-refractivity contribution in [2.24, 2.45) is 5.92 Å². The Bertz CT molecular complexity index is 976. The number of methoxy groups -OCH3 is 1. The molecule has 2 amide bonds. The van der Waals surface area contributed by atoms with Crippen molar-refractivity contribution in [1.82, 2.24) is 10.2 Å². The van der Waals surface area contributed by atoms with Crippen molar-refractivity contribution in [1.29, 1.82) is 0 Å². The molecule has 0 aliphatic carbocycles. The summed E-state index contributed by atoms with van der Waals surface area (Å²) in [6, 6.07) is 14.1. The van der Waals surface area contributed by atoms with Crippen molar-refractivity contribution in [3.8, 4) is 11.5 Å². The molecule has 7 nitrogen and oxygen atoms in total. The van der Waals surface area contributed by atoms with E-state index in [9.17, 15) is 14.4 Å². The lowest BCUT2D eigenvalue weighted by molar-refractivity contribution is -0.132. The Hall–Kier alpha value is -3.61. The van der Waals surface area contributed by atoms with E-state index in [0.29, 0.717) is 36.9 Å². The number of nitrogens with one attached hydrogen (secondary N) is 1. The smallest absolute Gasteiger partial charge is 0.308 e. The van der Waals surface area contributed by atoms with Gasteiger partial charge in [0.15, 0.2) is 0 Å². The quantitative estimate of drug-likeness (QED) is 0.409. The first-order valence-corrected chi connectivity index (χ1v) is 10.6. The molecule has 0 atom stereocenters. The van der Waals surface area contributed by atoms with Crippen molar-refractivity contribution in [2.75, 3.05) is 26.7 Å². The van der Waals surface area contributed by atoms with Crippen LogP contribution in [0.3, 0.4) is 0 Å². The van der Waals surface area contributed by atoms with Crippen molar-refractivity contribution in [3.05, 3.63) is 65.7 Å². The molecule has 32 heavy (non-hydrogen) atoms. The molecular weight excluding hydrogens is 408 g/mol. The van der Waals surface area contributed by atoms with Crippen LogP contribution in [0.15, 0.2) is 54.6 Å². The number of rotatable bonds is 7. The Kier molecular flexibility index (Phi) is 8.02. The van der Waals surface area contributed by atoms with Gasteiger partial charge in [-0.25, -0.2) is 0 Å². The summed E-state index contributed by atoms with van der Waals surface area (Å²) in [5, 5.41) is 2.94. The average molecular weight is 437 g/mol. The average Bonchev–Trinajstić information content (AvgIpc) is 2.81. The Morgan fingerprint density at radius 1 is 1.06 bits per heavy atom. The molecule has 2 aromatic carbocycles. The molecule has 0 bridgehead atoms. The van der Waals surface area contributed by atoms with Gasteiger partial charge in [-0.15, -0.1) is 0 Å². The van der Waals surface area contributed by atoms with Crippen LogP contribution in [-0.2, 0) is 9.59 Å². The number of carbonyl (C=O) groups excluding carboxylic acids is 3. The molecule has 7 heteroatoms. The molecule has 1 aliphatic rings. The number of nitrogens with zero attached hydrogens (tertiary/aromatic N) is 1. The first kappa shape index (κ1) is 23.1. The zero-order valence-electron chi connectivity index (χ0n) is 18.4. The molecular formula is C25H28N2O5. The van der Waals surface area contributed by atoms with Gasteiger partial charge in [-0.3, -0.25) is 14.4 Å². The summed E-state index contributed by atoms with van der Waals surface area (Å²) < 4.78 is 10.2. The minimum absolute atomic E-state index is 0.00871. The summed E-state index contributed by atoms with van der Waals surface area (Å²) >= 11 is 0. The summed E-state index contributed by atoms with van der Waals surface area (Å²) in [5.41, 5.74) is 1.38. The van der Waals surface area contributed by atoms with E-state index < -0.39 is 5.97 Å². The summed E-state index contributed by atoms with van der Waals surface area (Å²) in [6.45, 7) is 3.18. The van der Waals surface area contributed by atoms with Gasteiger partial charge in [-0.2, -0.15) is 0 Å². The number of carbonyl (C=O) groups is 3. The number of amides is 2. The Balaban J connectivity index is 1.43. The van der Waals surface area contributed by atoms with Gasteiger partial charge in [0.05, 0.1) is 7.11 Å². The van der Waals surface area contributed by atoms with E-state index in [4.69, 9.17) is 9.47 Å². The first-order valence-electron chi connectivity index (χ1n) is 10.6. The summed E-state index contributed by atoms with van der Waals surface area (Å²) in [5.74, 6) is 0.790.